The Morgan fingerprint density at radius 3 is 3.00 bits per heavy atom. The number of hydrogen-bond donors (Lipinski definition) is 1. The average Bonchev–Trinajstić information content (AvgIpc) is 2.75. The van der Waals surface area contributed by atoms with E-state index in [0.29, 0.717) is 28.9 Å². The molecule has 96 valence electrons. The predicted octanol–water partition coefficient (Wildman–Crippen LogP) is 2.10. The highest BCUT2D eigenvalue weighted by atomic mass is 16.5. The SMILES string of the molecule is C=CCOc1ccc2c(N=C=O)cn(C(N)=O)c2c1. The number of fused-ring (bicyclic) bond motifs is 1. The molecule has 6 heteroatoms. The van der Waals surface area contributed by atoms with Crippen LogP contribution in [-0.2, 0) is 4.79 Å². The van der Waals surface area contributed by atoms with Crippen LogP contribution in [0, 0.1) is 0 Å². The summed E-state index contributed by atoms with van der Waals surface area (Å²) in [6, 6.07) is 4.39. The Morgan fingerprint density at radius 1 is 1.58 bits per heavy atom. The second-order valence-corrected chi connectivity index (χ2v) is 3.70. The van der Waals surface area contributed by atoms with Crippen molar-refractivity contribution in [3.05, 3.63) is 37.1 Å². The van der Waals surface area contributed by atoms with Crippen molar-refractivity contribution in [1.82, 2.24) is 4.57 Å². The minimum atomic E-state index is -0.668. The van der Waals surface area contributed by atoms with Crippen LogP contribution in [0.4, 0.5) is 10.5 Å². The molecule has 0 saturated heterocycles. The minimum absolute atomic E-state index is 0.332. The second kappa shape index (κ2) is 5.20. The molecule has 0 saturated carbocycles. The fourth-order valence-electron chi connectivity index (χ4n) is 1.75. The monoisotopic (exact) mass is 257 g/mol. The summed E-state index contributed by atoms with van der Waals surface area (Å²) in [6.07, 6.45) is 4.44. The highest BCUT2D eigenvalue weighted by Crippen LogP contribution is 2.30. The first-order valence-electron chi connectivity index (χ1n) is 5.44. The fraction of sp³-hybridized carbons (Fsp3) is 0.0769. The van der Waals surface area contributed by atoms with Gasteiger partial charge >= 0.3 is 6.03 Å². The van der Waals surface area contributed by atoms with E-state index in [-0.39, 0.29) is 0 Å². The molecule has 0 aliphatic carbocycles. The first-order chi connectivity index (χ1) is 9.17. The van der Waals surface area contributed by atoms with Crippen LogP contribution in [-0.4, -0.2) is 23.3 Å². The lowest BCUT2D eigenvalue weighted by molar-refractivity contribution is 0.251. The third-order valence-electron chi connectivity index (χ3n) is 2.53. The predicted molar refractivity (Wildman–Crippen MR) is 70.4 cm³/mol. The Morgan fingerprint density at radius 2 is 2.37 bits per heavy atom. The zero-order chi connectivity index (χ0) is 13.8. The van der Waals surface area contributed by atoms with E-state index in [1.807, 2.05) is 0 Å². The molecule has 2 N–H and O–H groups in total. The van der Waals surface area contributed by atoms with Crippen LogP contribution < -0.4 is 10.5 Å². The maximum atomic E-state index is 11.3. The average molecular weight is 257 g/mol. The van der Waals surface area contributed by atoms with Gasteiger partial charge in [0.2, 0.25) is 6.08 Å². The first kappa shape index (κ1) is 12.6. The molecule has 0 spiro atoms. The van der Waals surface area contributed by atoms with Crippen LogP contribution >= 0.6 is 0 Å². The number of aromatic nitrogens is 1. The molecule has 1 aromatic heterocycles. The number of nitrogens with zero attached hydrogens (tertiary/aromatic N) is 2. The second-order valence-electron chi connectivity index (χ2n) is 3.70. The van der Waals surface area contributed by atoms with E-state index < -0.39 is 6.03 Å². The summed E-state index contributed by atoms with van der Waals surface area (Å²) in [7, 11) is 0. The number of aliphatic imine (C=N–C) groups is 1. The molecular formula is C13H11N3O3. The van der Waals surface area contributed by atoms with Crippen LogP contribution in [0.2, 0.25) is 0 Å². The van der Waals surface area contributed by atoms with Crippen molar-refractivity contribution >= 4 is 28.7 Å². The number of benzene rings is 1. The number of primary amides is 1. The van der Waals surface area contributed by atoms with Gasteiger partial charge in [0.25, 0.3) is 0 Å². The molecule has 1 aromatic carbocycles. The van der Waals surface area contributed by atoms with Gasteiger partial charge in [-0.2, -0.15) is 4.99 Å². The van der Waals surface area contributed by atoms with Gasteiger partial charge in [-0.3, -0.25) is 4.57 Å². The third-order valence-corrected chi connectivity index (χ3v) is 2.53. The molecule has 0 unspecified atom stereocenters. The lowest BCUT2D eigenvalue weighted by atomic mass is 10.2. The molecule has 1 amide bonds. The molecule has 0 atom stereocenters. The Hall–Kier alpha value is -2.85. The maximum absolute atomic E-state index is 11.3. The molecular weight excluding hydrogens is 246 g/mol. The van der Waals surface area contributed by atoms with E-state index in [1.165, 1.54) is 16.8 Å². The fourth-order valence-corrected chi connectivity index (χ4v) is 1.75. The van der Waals surface area contributed by atoms with Gasteiger partial charge in [0.15, 0.2) is 0 Å². The standard InChI is InChI=1S/C13H11N3O3/c1-2-5-19-9-3-4-10-11(15-8-17)7-16(13(14)18)12(10)6-9/h2-4,6-7H,1,5H2,(H2,14,18). The van der Waals surface area contributed by atoms with Crippen molar-refractivity contribution in [2.24, 2.45) is 10.7 Å². The Kier molecular flexibility index (Phi) is 3.45. The zero-order valence-electron chi connectivity index (χ0n) is 10.00. The molecule has 2 rings (SSSR count). The van der Waals surface area contributed by atoms with Crippen molar-refractivity contribution in [2.75, 3.05) is 6.61 Å². The number of carbonyl (C=O) groups excluding carboxylic acids is 2. The van der Waals surface area contributed by atoms with Gasteiger partial charge in [0, 0.05) is 17.6 Å². The van der Waals surface area contributed by atoms with Crippen LogP contribution in [0.3, 0.4) is 0 Å². The van der Waals surface area contributed by atoms with Crippen LogP contribution in [0.5, 0.6) is 5.75 Å². The van der Waals surface area contributed by atoms with Crippen molar-refractivity contribution in [2.45, 2.75) is 0 Å². The molecule has 0 aliphatic heterocycles. The van der Waals surface area contributed by atoms with Crippen molar-refractivity contribution in [3.63, 3.8) is 0 Å². The molecule has 1 heterocycles. The van der Waals surface area contributed by atoms with Gasteiger partial charge in [-0.1, -0.05) is 12.7 Å². The summed E-state index contributed by atoms with van der Waals surface area (Å²) >= 11 is 0. The van der Waals surface area contributed by atoms with Gasteiger partial charge in [-0.15, -0.1) is 0 Å². The van der Waals surface area contributed by atoms with Crippen LogP contribution in [0.15, 0.2) is 42.0 Å². The van der Waals surface area contributed by atoms with E-state index in [4.69, 9.17) is 10.5 Å². The molecule has 0 aliphatic rings. The van der Waals surface area contributed by atoms with Gasteiger partial charge in [0.1, 0.15) is 18.0 Å². The lowest BCUT2D eigenvalue weighted by Gasteiger charge is -2.04. The lowest BCUT2D eigenvalue weighted by Crippen LogP contribution is -2.18. The van der Waals surface area contributed by atoms with E-state index in [9.17, 15) is 9.59 Å². The largest absolute Gasteiger partial charge is 0.489 e. The smallest absolute Gasteiger partial charge is 0.323 e. The Bertz CT molecular complexity index is 696. The Balaban J connectivity index is 2.61. The summed E-state index contributed by atoms with van der Waals surface area (Å²) in [6.45, 7) is 3.90. The van der Waals surface area contributed by atoms with Crippen molar-refractivity contribution in [1.29, 1.82) is 0 Å². The van der Waals surface area contributed by atoms with Gasteiger partial charge in [0.05, 0.1) is 5.52 Å². The molecule has 6 nitrogen and oxygen atoms in total. The summed E-state index contributed by atoms with van der Waals surface area (Å²) in [5.74, 6) is 0.564. The number of isocyanates is 1. The quantitative estimate of drug-likeness (QED) is 0.517. The number of ether oxygens (including phenoxy) is 1. The molecule has 0 bridgehead atoms. The summed E-state index contributed by atoms with van der Waals surface area (Å²) in [4.78, 5) is 25.2. The van der Waals surface area contributed by atoms with Gasteiger partial charge in [-0.25, -0.2) is 9.59 Å². The van der Waals surface area contributed by atoms with Crippen LogP contribution in [0.25, 0.3) is 10.9 Å². The number of hydrogen-bond acceptors (Lipinski definition) is 4. The summed E-state index contributed by atoms with van der Waals surface area (Å²) in [5.41, 5.74) is 6.12. The van der Waals surface area contributed by atoms with Crippen molar-refractivity contribution < 1.29 is 14.3 Å². The summed E-state index contributed by atoms with van der Waals surface area (Å²) in [5, 5.41) is 0.619. The highest BCUT2D eigenvalue weighted by Gasteiger charge is 2.12. The van der Waals surface area contributed by atoms with E-state index in [1.54, 1.807) is 24.3 Å². The number of amides is 1. The van der Waals surface area contributed by atoms with Crippen molar-refractivity contribution in [3.8, 4) is 5.75 Å². The van der Waals surface area contributed by atoms with E-state index in [0.717, 1.165) is 0 Å². The third kappa shape index (κ3) is 2.38. The topological polar surface area (TPSA) is 86.7 Å². The Labute approximate surface area is 108 Å². The number of carbonyl (C=O) groups is 1. The molecule has 0 fully saturated rings. The number of rotatable bonds is 4. The maximum Gasteiger partial charge on any atom is 0.323 e. The van der Waals surface area contributed by atoms with Crippen LogP contribution in [0.1, 0.15) is 0 Å². The van der Waals surface area contributed by atoms with E-state index in [2.05, 4.69) is 11.6 Å². The zero-order valence-corrected chi connectivity index (χ0v) is 10.00. The van der Waals surface area contributed by atoms with Gasteiger partial charge in [-0.05, 0) is 12.1 Å². The van der Waals surface area contributed by atoms with Gasteiger partial charge < -0.3 is 10.5 Å². The first-order valence-corrected chi connectivity index (χ1v) is 5.44. The minimum Gasteiger partial charge on any atom is -0.489 e. The van der Waals surface area contributed by atoms with E-state index >= 15 is 0 Å². The normalized spacial score (nSPS) is 9.89. The molecule has 19 heavy (non-hydrogen) atoms. The number of nitrogens with two attached hydrogens (primary N) is 1. The molecule has 0 radical (unpaired) electrons. The summed E-state index contributed by atoms with van der Waals surface area (Å²) < 4.78 is 6.58. The molecule has 2 aromatic rings. The highest BCUT2D eigenvalue weighted by molar-refractivity contribution is 5.99.